The van der Waals surface area contributed by atoms with Crippen molar-refractivity contribution in [2.45, 2.75) is 39.7 Å². The van der Waals surface area contributed by atoms with Gasteiger partial charge in [-0.15, -0.1) is 11.3 Å². The van der Waals surface area contributed by atoms with Gasteiger partial charge in [-0.1, -0.05) is 49.2 Å². The van der Waals surface area contributed by atoms with Gasteiger partial charge in [0.1, 0.15) is 5.82 Å². The first-order valence-corrected chi connectivity index (χ1v) is 9.97. The van der Waals surface area contributed by atoms with Crippen molar-refractivity contribution in [3.8, 4) is 20.9 Å². The Bertz CT molecular complexity index is 928. The SMILES string of the molecule is CCCC(C)OC(=O)c1ccc(-c2ccc(-c3ccc(C)cc3)s2)cc1F. The van der Waals surface area contributed by atoms with Crippen molar-refractivity contribution in [1.82, 2.24) is 0 Å². The van der Waals surface area contributed by atoms with E-state index in [0.717, 1.165) is 33.7 Å². The molecule has 1 aromatic heterocycles. The van der Waals surface area contributed by atoms with E-state index in [1.54, 1.807) is 17.4 Å². The number of carbonyl (C=O) groups is 1. The number of carbonyl (C=O) groups excluding carboxylic acids is 1. The number of halogens is 1. The highest BCUT2D eigenvalue weighted by Gasteiger charge is 2.17. The van der Waals surface area contributed by atoms with Crippen molar-refractivity contribution in [2.75, 3.05) is 0 Å². The Hall–Kier alpha value is -2.46. The van der Waals surface area contributed by atoms with Crippen LogP contribution < -0.4 is 0 Å². The Labute approximate surface area is 163 Å². The molecule has 0 fully saturated rings. The molecule has 140 valence electrons. The van der Waals surface area contributed by atoms with E-state index in [1.807, 2.05) is 26.0 Å². The summed E-state index contributed by atoms with van der Waals surface area (Å²) in [6, 6.07) is 17.0. The molecule has 3 rings (SSSR count). The molecule has 0 saturated heterocycles. The molecule has 2 nitrogen and oxygen atoms in total. The van der Waals surface area contributed by atoms with Crippen LogP contribution in [0.2, 0.25) is 0 Å². The summed E-state index contributed by atoms with van der Waals surface area (Å²) in [6.07, 6.45) is 1.47. The summed E-state index contributed by atoms with van der Waals surface area (Å²) >= 11 is 1.60. The molecule has 0 saturated carbocycles. The fraction of sp³-hybridized carbons (Fsp3) is 0.261. The van der Waals surface area contributed by atoms with Crippen LogP contribution in [0.4, 0.5) is 4.39 Å². The third kappa shape index (κ3) is 4.64. The van der Waals surface area contributed by atoms with Gasteiger partial charge in [0, 0.05) is 9.75 Å². The topological polar surface area (TPSA) is 26.3 Å². The maximum atomic E-state index is 14.5. The Morgan fingerprint density at radius 2 is 1.67 bits per heavy atom. The minimum absolute atomic E-state index is 0.0167. The standard InChI is InChI=1S/C23H23FO2S/c1-4-5-16(3)26-23(25)19-11-10-18(14-20(19)24)22-13-12-21(27-22)17-8-6-15(2)7-9-17/h6-14,16H,4-5H2,1-3H3. The highest BCUT2D eigenvalue weighted by atomic mass is 32.1. The van der Waals surface area contributed by atoms with Gasteiger partial charge in [0.2, 0.25) is 0 Å². The van der Waals surface area contributed by atoms with E-state index in [0.29, 0.717) is 0 Å². The summed E-state index contributed by atoms with van der Waals surface area (Å²) in [4.78, 5) is 14.2. The van der Waals surface area contributed by atoms with Gasteiger partial charge in [0.25, 0.3) is 0 Å². The first-order chi connectivity index (χ1) is 13.0. The number of ether oxygens (including phenoxy) is 1. The number of aryl methyl sites for hydroxylation is 1. The van der Waals surface area contributed by atoms with Gasteiger partial charge in [-0.3, -0.25) is 0 Å². The minimum atomic E-state index is -0.605. The van der Waals surface area contributed by atoms with E-state index in [1.165, 1.54) is 17.7 Å². The van der Waals surface area contributed by atoms with Crippen LogP contribution in [0.5, 0.6) is 0 Å². The largest absolute Gasteiger partial charge is 0.459 e. The molecule has 3 aromatic rings. The summed E-state index contributed by atoms with van der Waals surface area (Å²) in [5, 5.41) is 0. The molecule has 1 heterocycles. The average Bonchev–Trinajstić information content (AvgIpc) is 3.12. The predicted octanol–water partition coefficient (Wildman–Crippen LogP) is 6.88. The van der Waals surface area contributed by atoms with Crippen molar-refractivity contribution in [1.29, 1.82) is 0 Å². The van der Waals surface area contributed by atoms with Crippen LogP contribution in [0.1, 0.15) is 42.6 Å². The van der Waals surface area contributed by atoms with Crippen LogP contribution >= 0.6 is 11.3 Å². The molecule has 1 unspecified atom stereocenters. The molecule has 0 amide bonds. The van der Waals surface area contributed by atoms with Crippen LogP contribution in [0.3, 0.4) is 0 Å². The first kappa shape index (κ1) is 19.3. The predicted molar refractivity (Wildman–Crippen MR) is 110 cm³/mol. The molecule has 0 radical (unpaired) electrons. The smallest absolute Gasteiger partial charge is 0.341 e. The Morgan fingerprint density at radius 3 is 2.30 bits per heavy atom. The molecule has 4 heteroatoms. The van der Waals surface area contributed by atoms with Crippen molar-refractivity contribution < 1.29 is 13.9 Å². The van der Waals surface area contributed by atoms with E-state index in [4.69, 9.17) is 4.74 Å². The number of esters is 1. The molecule has 0 spiro atoms. The zero-order chi connectivity index (χ0) is 19.4. The fourth-order valence-electron chi connectivity index (χ4n) is 2.91. The summed E-state index contributed by atoms with van der Waals surface area (Å²) in [6.45, 7) is 5.90. The van der Waals surface area contributed by atoms with Crippen molar-refractivity contribution >= 4 is 17.3 Å². The second kappa shape index (κ2) is 8.49. The van der Waals surface area contributed by atoms with E-state index in [-0.39, 0.29) is 11.7 Å². The molecule has 1 atom stereocenters. The lowest BCUT2D eigenvalue weighted by molar-refractivity contribution is 0.0318. The Morgan fingerprint density at radius 1 is 1.04 bits per heavy atom. The van der Waals surface area contributed by atoms with Gasteiger partial charge in [-0.05, 0) is 55.7 Å². The first-order valence-electron chi connectivity index (χ1n) is 9.15. The molecule has 0 aliphatic carbocycles. The number of hydrogen-bond acceptors (Lipinski definition) is 3. The maximum Gasteiger partial charge on any atom is 0.341 e. The zero-order valence-electron chi connectivity index (χ0n) is 15.8. The van der Waals surface area contributed by atoms with Gasteiger partial charge in [-0.25, -0.2) is 9.18 Å². The van der Waals surface area contributed by atoms with E-state index in [2.05, 4.69) is 31.2 Å². The number of rotatable bonds is 6. The summed E-state index contributed by atoms with van der Waals surface area (Å²) in [7, 11) is 0. The van der Waals surface area contributed by atoms with Gasteiger partial charge in [0.05, 0.1) is 11.7 Å². The average molecular weight is 383 g/mol. The van der Waals surface area contributed by atoms with Gasteiger partial charge >= 0.3 is 5.97 Å². The zero-order valence-corrected chi connectivity index (χ0v) is 16.6. The molecular weight excluding hydrogens is 359 g/mol. The van der Waals surface area contributed by atoms with Crippen molar-refractivity contribution in [3.05, 3.63) is 71.5 Å². The third-order valence-corrected chi connectivity index (χ3v) is 5.60. The molecule has 0 aliphatic heterocycles. The van der Waals surface area contributed by atoms with Crippen LogP contribution in [0.15, 0.2) is 54.6 Å². The fourth-order valence-corrected chi connectivity index (χ4v) is 3.92. The molecule has 0 aliphatic rings. The molecular formula is C23H23FO2S. The Balaban J connectivity index is 1.79. The summed E-state index contributed by atoms with van der Waals surface area (Å²) in [5.41, 5.74) is 3.10. The monoisotopic (exact) mass is 382 g/mol. The third-order valence-electron chi connectivity index (χ3n) is 4.42. The van der Waals surface area contributed by atoms with Gasteiger partial charge in [-0.2, -0.15) is 0 Å². The molecule has 27 heavy (non-hydrogen) atoms. The lowest BCUT2D eigenvalue weighted by atomic mass is 10.1. The normalized spacial score (nSPS) is 12.0. The second-order valence-corrected chi connectivity index (χ2v) is 7.81. The quantitative estimate of drug-likeness (QED) is 0.435. The molecule has 0 bridgehead atoms. The van der Waals surface area contributed by atoms with E-state index < -0.39 is 11.8 Å². The van der Waals surface area contributed by atoms with Gasteiger partial charge < -0.3 is 4.74 Å². The van der Waals surface area contributed by atoms with Gasteiger partial charge in [0.15, 0.2) is 0 Å². The highest BCUT2D eigenvalue weighted by Crippen LogP contribution is 2.35. The van der Waals surface area contributed by atoms with Crippen molar-refractivity contribution in [3.63, 3.8) is 0 Å². The Kier molecular flexibility index (Phi) is 6.07. The summed E-state index contributed by atoms with van der Waals surface area (Å²) < 4.78 is 19.8. The maximum absolute atomic E-state index is 14.5. The van der Waals surface area contributed by atoms with Crippen molar-refractivity contribution in [2.24, 2.45) is 0 Å². The lowest BCUT2D eigenvalue weighted by Gasteiger charge is -2.12. The minimum Gasteiger partial charge on any atom is -0.459 e. The van der Waals surface area contributed by atoms with Crippen LogP contribution in [0.25, 0.3) is 20.9 Å². The number of thiophene rings is 1. The number of benzene rings is 2. The molecule has 0 N–H and O–H groups in total. The lowest BCUT2D eigenvalue weighted by Crippen LogP contribution is -2.15. The van der Waals surface area contributed by atoms with Crippen LogP contribution in [-0.2, 0) is 4.74 Å². The van der Waals surface area contributed by atoms with Crippen LogP contribution in [0, 0.1) is 12.7 Å². The second-order valence-electron chi connectivity index (χ2n) is 6.73. The van der Waals surface area contributed by atoms with Crippen LogP contribution in [-0.4, -0.2) is 12.1 Å². The van der Waals surface area contributed by atoms with E-state index in [9.17, 15) is 9.18 Å². The van der Waals surface area contributed by atoms with E-state index >= 15 is 0 Å². The summed E-state index contributed by atoms with van der Waals surface area (Å²) in [5.74, 6) is -1.15. The highest BCUT2D eigenvalue weighted by molar-refractivity contribution is 7.18. The number of hydrogen-bond donors (Lipinski definition) is 0. The molecule has 2 aromatic carbocycles.